The highest BCUT2D eigenvalue weighted by molar-refractivity contribution is 9.11. The van der Waals surface area contributed by atoms with Crippen molar-refractivity contribution in [1.82, 2.24) is 29.5 Å². The summed E-state index contributed by atoms with van der Waals surface area (Å²) in [4.78, 5) is 8.39. The fraction of sp³-hybridized carbons (Fsp3) is 0.412. The highest BCUT2D eigenvalue weighted by atomic mass is 79.9. The largest absolute Gasteiger partial charge is 0.424 e. The zero-order chi connectivity index (χ0) is 22.6. The van der Waals surface area contributed by atoms with Crippen molar-refractivity contribution in [3.63, 3.8) is 0 Å². The Labute approximate surface area is 200 Å². The minimum atomic E-state index is -3.21. The van der Waals surface area contributed by atoms with Gasteiger partial charge in [0.25, 0.3) is 0 Å². The molecule has 0 fully saturated rings. The molecular formula is C17H21Br3N6O3S. The molecule has 0 saturated heterocycles. The molecule has 0 radical (unpaired) electrons. The second-order valence-corrected chi connectivity index (χ2v) is 10.9. The molecule has 0 unspecified atom stereocenters. The monoisotopic (exact) mass is 626 g/mol. The van der Waals surface area contributed by atoms with Crippen molar-refractivity contribution in [2.45, 2.75) is 44.7 Å². The normalized spacial score (nSPS) is 11.5. The van der Waals surface area contributed by atoms with Crippen LogP contribution in [-0.2, 0) is 9.84 Å². The summed E-state index contributed by atoms with van der Waals surface area (Å²) in [7, 11) is -3.21. The van der Waals surface area contributed by atoms with E-state index in [-0.39, 0.29) is 10.9 Å². The minimum absolute atomic E-state index is 0.0964. The molecule has 9 nitrogen and oxygen atoms in total. The number of rotatable bonds is 5. The number of halogens is 3. The van der Waals surface area contributed by atoms with Gasteiger partial charge in [0.1, 0.15) is 5.75 Å². The van der Waals surface area contributed by atoms with Crippen molar-refractivity contribution < 1.29 is 13.2 Å². The maximum Gasteiger partial charge on any atom is 0.321 e. The maximum absolute atomic E-state index is 11.4. The van der Waals surface area contributed by atoms with Crippen LogP contribution < -0.4 is 4.74 Å². The first kappa shape index (κ1) is 25.0. The summed E-state index contributed by atoms with van der Waals surface area (Å²) < 4.78 is 33.6. The van der Waals surface area contributed by atoms with Gasteiger partial charge in [0.15, 0.2) is 14.6 Å². The number of hydrogen-bond acceptors (Lipinski definition) is 7. The predicted octanol–water partition coefficient (Wildman–Crippen LogP) is 5.20. The SMILES string of the molecule is CC(C)n1nc(Br)nc1Br.CC(C)n1nc(Br)nc1Oc1ccc(S(C)(=O)=O)cc1. The van der Waals surface area contributed by atoms with E-state index in [1.807, 2.05) is 27.7 Å². The lowest BCUT2D eigenvalue weighted by atomic mass is 10.3. The number of aromatic nitrogens is 6. The Morgan fingerprint density at radius 2 is 1.37 bits per heavy atom. The van der Waals surface area contributed by atoms with Crippen molar-refractivity contribution in [2.75, 3.05) is 6.26 Å². The molecule has 0 amide bonds. The van der Waals surface area contributed by atoms with E-state index in [1.165, 1.54) is 12.1 Å². The van der Waals surface area contributed by atoms with E-state index in [4.69, 9.17) is 4.74 Å². The van der Waals surface area contributed by atoms with Gasteiger partial charge >= 0.3 is 6.01 Å². The third-order valence-corrected chi connectivity index (χ3v) is 5.92. The Morgan fingerprint density at radius 1 is 0.867 bits per heavy atom. The molecule has 30 heavy (non-hydrogen) atoms. The molecule has 0 aliphatic heterocycles. The van der Waals surface area contributed by atoms with E-state index in [0.29, 0.717) is 27.3 Å². The molecule has 164 valence electrons. The molecule has 2 heterocycles. The van der Waals surface area contributed by atoms with E-state index >= 15 is 0 Å². The van der Waals surface area contributed by atoms with Gasteiger partial charge in [-0.1, -0.05) is 0 Å². The Hall–Kier alpha value is -1.31. The first-order valence-electron chi connectivity index (χ1n) is 8.76. The van der Waals surface area contributed by atoms with Gasteiger partial charge < -0.3 is 4.74 Å². The van der Waals surface area contributed by atoms with Gasteiger partial charge in [-0.3, -0.25) is 0 Å². The molecule has 1 aromatic carbocycles. The lowest BCUT2D eigenvalue weighted by molar-refractivity contribution is 0.376. The third kappa shape index (κ3) is 6.86. The number of hydrogen-bond donors (Lipinski definition) is 0. The summed E-state index contributed by atoms with van der Waals surface area (Å²) in [5, 5.41) is 8.25. The van der Waals surface area contributed by atoms with E-state index in [2.05, 4.69) is 68.0 Å². The molecule has 0 aliphatic rings. The van der Waals surface area contributed by atoms with Crippen LogP contribution in [0.4, 0.5) is 0 Å². The number of sulfone groups is 1. The van der Waals surface area contributed by atoms with Crippen LogP contribution >= 0.6 is 47.8 Å². The lowest BCUT2D eigenvalue weighted by Crippen LogP contribution is -2.05. The highest BCUT2D eigenvalue weighted by Crippen LogP contribution is 2.25. The van der Waals surface area contributed by atoms with Gasteiger partial charge in [0, 0.05) is 12.3 Å². The minimum Gasteiger partial charge on any atom is -0.424 e. The summed E-state index contributed by atoms with van der Waals surface area (Å²) in [6.07, 6.45) is 1.16. The van der Waals surface area contributed by atoms with Crippen molar-refractivity contribution in [3.05, 3.63) is 38.5 Å². The molecule has 13 heteroatoms. The van der Waals surface area contributed by atoms with Crippen molar-refractivity contribution in [3.8, 4) is 11.8 Å². The predicted molar refractivity (Wildman–Crippen MR) is 124 cm³/mol. The van der Waals surface area contributed by atoms with Crippen molar-refractivity contribution in [1.29, 1.82) is 0 Å². The van der Waals surface area contributed by atoms with Crippen molar-refractivity contribution in [2.24, 2.45) is 0 Å². The fourth-order valence-electron chi connectivity index (χ4n) is 2.16. The molecule has 0 aliphatic carbocycles. The highest BCUT2D eigenvalue weighted by Gasteiger charge is 2.14. The maximum atomic E-state index is 11.4. The average molecular weight is 629 g/mol. The van der Waals surface area contributed by atoms with E-state index in [1.54, 1.807) is 21.5 Å². The molecule has 3 aromatic rings. The molecule has 0 N–H and O–H groups in total. The number of nitrogens with zero attached hydrogens (tertiary/aromatic N) is 6. The first-order valence-corrected chi connectivity index (χ1v) is 13.0. The second-order valence-electron chi connectivity index (χ2n) is 6.74. The quantitative estimate of drug-likeness (QED) is 0.382. The van der Waals surface area contributed by atoms with Crippen LogP contribution in [0.1, 0.15) is 39.8 Å². The van der Waals surface area contributed by atoms with Crippen LogP contribution in [0.2, 0.25) is 0 Å². The standard InChI is InChI=1S/C12H14BrN3O3S.C5H7Br2N3/c1-8(2)16-12(14-11(13)15-16)19-9-4-6-10(7-5-9)20(3,17)18;1-3(2)10-5(7)8-4(6)9-10/h4-8H,1-3H3;3H,1-2H3. The lowest BCUT2D eigenvalue weighted by Gasteiger charge is -2.09. The fourth-order valence-corrected chi connectivity index (χ4v) is 4.35. The van der Waals surface area contributed by atoms with Crippen LogP contribution in [0.15, 0.2) is 43.4 Å². The second kappa shape index (κ2) is 10.3. The van der Waals surface area contributed by atoms with Crippen molar-refractivity contribution >= 4 is 57.6 Å². The van der Waals surface area contributed by atoms with E-state index in [9.17, 15) is 8.42 Å². The Bertz CT molecular complexity index is 1090. The summed E-state index contributed by atoms with van der Waals surface area (Å²) in [5.41, 5.74) is 0. The van der Waals surface area contributed by atoms with Gasteiger partial charge in [0.2, 0.25) is 9.47 Å². The Balaban J connectivity index is 0.000000269. The molecule has 2 aromatic heterocycles. The zero-order valence-corrected chi connectivity index (χ0v) is 22.5. The van der Waals surface area contributed by atoms with Crippen LogP contribution in [-0.4, -0.2) is 44.2 Å². The van der Waals surface area contributed by atoms with Gasteiger partial charge in [-0.25, -0.2) is 17.8 Å². The topological polar surface area (TPSA) is 105 Å². The van der Waals surface area contributed by atoms with Crippen LogP contribution in [0.5, 0.6) is 11.8 Å². The average Bonchev–Trinajstić information content (AvgIpc) is 3.16. The Kier molecular flexibility index (Phi) is 8.60. The molecular weight excluding hydrogens is 608 g/mol. The summed E-state index contributed by atoms with van der Waals surface area (Å²) >= 11 is 9.66. The molecule has 0 spiro atoms. The first-order chi connectivity index (χ1) is 13.9. The van der Waals surface area contributed by atoms with E-state index in [0.717, 1.165) is 11.0 Å². The van der Waals surface area contributed by atoms with Crippen LogP contribution in [0.3, 0.4) is 0 Å². The smallest absolute Gasteiger partial charge is 0.321 e. The number of benzene rings is 1. The van der Waals surface area contributed by atoms with Crippen LogP contribution in [0.25, 0.3) is 0 Å². The van der Waals surface area contributed by atoms with Gasteiger partial charge in [-0.2, -0.15) is 9.97 Å². The van der Waals surface area contributed by atoms with E-state index < -0.39 is 9.84 Å². The molecule has 0 saturated carbocycles. The zero-order valence-electron chi connectivity index (χ0n) is 16.9. The third-order valence-electron chi connectivity index (χ3n) is 3.58. The van der Waals surface area contributed by atoms with Crippen LogP contribution in [0, 0.1) is 0 Å². The summed E-state index contributed by atoms with van der Waals surface area (Å²) in [6.45, 7) is 8.01. The molecule has 0 bridgehead atoms. The summed E-state index contributed by atoms with van der Waals surface area (Å²) in [6, 6.07) is 6.95. The molecule has 3 rings (SSSR count). The summed E-state index contributed by atoms with van der Waals surface area (Å²) in [5.74, 6) is 0.499. The number of ether oxygens (including phenoxy) is 1. The van der Waals surface area contributed by atoms with Gasteiger partial charge in [0.05, 0.1) is 10.9 Å². The van der Waals surface area contributed by atoms with Gasteiger partial charge in [-0.05, 0) is 99.8 Å². The Morgan fingerprint density at radius 3 is 1.77 bits per heavy atom. The molecule has 0 atom stereocenters. The van der Waals surface area contributed by atoms with Gasteiger partial charge in [-0.15, -0.1) is 10.2 Å².